The molecule has 9 nitrogen and oxygen atoms in total. The van der Waals surface area contributed by atoms with Gasteiger partial charge in [-0.2, -0.15) is 0 Å². The van der Waals surface area contributed by atoms with Crippen molar-refractivity contribution in [1.29, 1.82) is 0 Å². The third-order valence-corrected chi connectivity index (χ3v) is 6.97. The van der Waals surface area contributed by atoms with Crippen LogP contribution in [0, 0.1) is 5.92 Å². The Morgan fingerprint density at radius 1 is 1.11 bits per heavy atom. The second kappa shape index (κ2) is 12.3. The van der Waals surface area contributed by atoms with Crippen molar-refractivity contribution < 1.29 is 33.7 Å². The van der Waals surface area contributed by atoms with Crippen LogP contribution < -0.4 is 14.2 Å². The number of carboxylic acids is 1. The molecule has 2 aliphatic rings. The molecular formula is C28H36N2O7. The number of carbonyl (C=O) groups excluding carboxylic acids is 1. The summed E-state index contributed by atoms with van der Waals surface area (Å²) in [7, 11) is 1.60. The van der Waals surface area contributed by atoms with Crippen LogP contribution in [0.5, 0.6) is 17.2 Å². The Bertz CT molecular complexity index is 1090. The Morgan fingerprint density at radius 3 is 2.62 bits per heavy atom. The van der Waals surface area contributed by atoms with Crippen LogP contribution in [0.25, 0.3) is 0 Å². The molecule has 2 aliphatic heterocycles. The zero-order valence-electron chi connectivity index (χ0n) is 21.7. The number of carboxylic acid groups (broad SMARTS) is 1. The number of hydrogen-bond donors (Lipinski definition) is 1. The quantitative estimate of drug-likeness (QED) is 0.430. The summed E-state index contributed by atoms with van der Waals surface area (Å²) in [5, 5.41) is 11.9. The number of amides is 1. The van der Waals surface area contributed by atoms with E-state index in [2.05, 4.69) is 0 Å². The second-order valence-corrected chi connectivity index (χ2v) is 9.43. The largest absolute Gasteiger partial charge is 0.496 e. The van der Waals surface area contributed by atoms with Gasteiger partial charge in [0, 0.05) is 25.0 Å². The summed E-state index contributed by atoms with van der Waals surface area (Å²) in [6.07, 6.45) is 1.98. The third-order valence-electron chi connectivity index (χ3n) is 6.97. The zero-order valence-corrected chi connectivity index (χ0v) is 21.7. The van der Waals surface area contributed by atoms with Crippen LogP contribution in [0.1, 0.15) is 43.7 Å². The van der Waals surface area contributed by atoms with E-state index >= 15 is 0 Å². The fourth-order valence-corrected chi connectivity index (χ4v) is 5.24. The molecule has 2 aromatic rings. The van der Waals surface area contributed by atoms with Crippen LogP contribution in [0.2, 0.25) is 0 Å². The summed E-state index contributed by atoms with van der Waals surface area (Å²) in [4.78, 5) is 33.8. The summed E-state index contributed by atoms with van der Waals surface area (Å²) in [6, 6.07) is 12.8. The van der Waals surface area contributed by atoms with Gasteiger partial charge in [-0.05, 0) is 48.6 Å². The predicted molar refractivity (Wildman–Crippen MR) is 137 cm³/mol. The van der Waals surface area contributed by atoms with Gasteiger partial charge in [-0.3, -0.25) is 19.3 Å². The van der Waals surface area contributed by atoms with E-state index in [4.69, 9.17) is 19.0 Å². The van der Waals surface area contributed by atoms with E-state index in [9.17, 15) is 14.7 Å². The van der Waals surface area contributed by atoms with Gasteiger partial charge in [-0.25, -0.2) is 5.06 Å². The number of fused-ring (bicyclic) bond motifs is 1. The Balaban J connectivity index is 1.66. The molecule has 0 spiro atoms. The normalized spacial score (nSPS) is 20.7. The average molecular weight is 513 g/mol. The first-order valence-corrected chi connectivity index (χ1v) is 12.9. The number of rotatable bonds is 12. The maximum Gasteiger partial charge on any atom is 0.308 e. The fourth-order valence-electron chi connectivity index (χ4n) is 5.24. The number of hydrogen-bond acceptors (Lipinski definition) is 7. The molecule has 2 aromatic carbocycles. The smallest absolute Gasteiger partial charge is 0.308 e. The average Bonchev–Trinajstić information content (AvgIpc) is 3.51. The lowest BCUT2D eigenvalue weighted by molar-refractivity contribution is -0.188. The van der Waals surface area contributed by atoms with Crippen molar-refractivity contribution in [1.82, 2.24) is 9.96 Å². The van der Waals surface area contributed by atoms with E-state index in [1.165, 1.54) is 5.06 Å². The molecule has 0 radical (unpaired) electrons. The van der Waals surface area contributed by atoms with E-state index in [1.807, 2.05) is 61.2 Å². The molecule has 1 N–H and O–H groups in total. The number of likely N-dealkylation sites (tertiary alicyclic amines) is 1. The molecule has 3 atom stereocenters. The summed E-state index contributed by atoms with van der Waals surface area (Å²) in [5.41, 5.74) is 1.75. The number of benzene rings is 2. The molecule has 1 saturated heterocycles. The van der Waals surface area contributed by atoms with Crippen LogP contribution in [-0.2, 0) is 20.8 Å². The summed E-state index contributed by atoms with van der Waals surface area (Å²) in [5.74, 6) is -0.191. The number of aliphatic carboxylic acids is 1. The first-order chi connectivity index (χ1) is 18.0. The van der Waals surface area contributed by atoms with Crippen molar-refractivity contribution in [2.24, 2.45) is 5.92 Å². The van der Waals surface area contributed by atoms with Gasteiger partial charge in [0.2, 0.25) is 6.79 Å². The minimum absolute atomic E-state index is 0.0639. The molecular weight excluding hydrogens is 476 g/mol. The molecule has 200 valence electrons. The van der Waals surface area contributed by atoms with Gasteiger partial charge in [-0.1, -0.05) is 38.1 Å². The molecule has 0 saturated carbocycles. The van der Waals surface area contributed by atoms with Crippen molar-refractivity contribution in [2.75, 3.05) is 40.1 Å². The summed E-state index contributed by atoms with van der Waals surface area (Å²) in [6.45, 7) is 5.54. The lowest BCUT2D eigenvalue weighted by Crippen LogP contribution is -2.45. The number of para-hydroxylation sites is 1. The molecule has 2 heterocycles. The van der Waals surface area contributed by atoms with Crippen molar-refractivity contribution in [3.63, 3.8) is 0 Å². The number of ether oxygens (including phenoxy) is 3. The Hall–Kier alpha value is -3.30. The first kappa shape index (κ1) is 26.8. The highest BCUT2D eigenvalue weighted by Crippen LogP contribution is 2.43. The van der Waals surface area contributed by atoms with Crippen molar-refractivity contribution >= 4 is 11.9 Å². The van der Waals surface area contributed by atoms with E-state index in [0.29, 0.717) is 43.4 Å². The molecule has 3 unspecified atom stereocenters. The standard InChI is InChI=1S/C28H36N2O7/c1-4-12-30(37-13-5-2)26(31)17-29-16-21(19-10-11-24-25(15-19)36-18-35-24)27(28(32)33)22(29)14-20-8-6-7-9-23(20)34-3/h6-11,15,21-22,27H,4-5,12-14,16-18H2,1-3H3,(H,32,33). The maximum atomic E-state index is 13.3. The predicted octanol–water partition coefficient (Wildman–Crippen LogP) is 3.72. The maximum absolute atomic E-state index is 13.3. The van der Waals surface area contributed by atoms with Gasteiger partial charge in [0.05, 0.1) is 26.2 Å². The third kappa shape index (κ3) is 5.99. The Morgan fingerprint density at radius 2 is 1.89 bits per heavy atom. The highest BCUT2D eigenvalue weighted by Gasteiger charge is 2.47. The highest BCUT2D eigenvalue weighted by molar-refractivity contribution is 5.78. The van der Waals surface area contributed by atoms with E-state index in [1.54, 1.807) is 7.11 Å². The SMILES string of the molecule is CCCON(CCC)C(=O)CN1CC(c2ccc3c(c2)OCO3)C(C(=O)O)C1Cc1ccccc1OC. The molecule has 9 heteroatoms. The van der Waals surface area contributed by atoms with Gasteiger partial charge in [0.25, 0.3) is 5.91 Å². The zero-order chi connectivity index (χ0) is 26.4. The number of hydroxylamine groups is 2. The van der Waals surface area contributed by atoms with Gasteiger partial charge in [-0.15, -0.1) is 0 Å². The molecule has 0 aliphatic carbocycles. The molecule has 1 fully saturated rings. The van der Waals surface area contributed by atoms with Crippen LogP contribution >= 0.6 is 0 Å². The van der Waals surface area contributed by atoms with Gasteiger partial charge in [0.1, 0.15) is 5.75 Å². The van der Waals surface area contributed by atoms with Crippen LogP contribution in [-0.4, -0.2) is 73.1 Å². The molecule has 0 aromatic heterocycles. The van der Waals surface area contributed by atoms with Crippen molar-refractivity contribution in [2.45, 2.75) is 45.1 Å². The van der Waals surface area contributed by atoms with Crippen LogP contribution in [0.4, 0.5) is 0 Å². The topological polar surface area (TPSA) is 97.8 Å². The van der Waals surface area contributed by atoms with E-state index in [0.717, 1.165) is 24.0 Å². The highest BCUT2D eigenvalue weighted by atomic mass is 16.7. The van der Waals surface area contributed by atoms with Gasteiger partial charge < -0.3 is 19.3 Å². The summed E-state index contributed by atoms with van der Waals surface area (Å²) < 4.78 is 16.6. The Labute approximate surface area is 217 Å². The first-order valence-electron chi connectivity index (χ1n) is 12.9. The summed E-state index contributed by atoms with van der Waals surface area (Å²) >= 11 is 0. The number of nitrogens with zero attached hydrogens (tertiary/aromatic N) is 2. The second-order valence-electron chi connectivity index (χ2n) is 9.43. The van der Waals surface area contributed by atoms with Gasteiger partial charge in [0.15, 0.2) is 11.5 Å². The van der Waals surface area contributed by atoms with Gasteiger partial charge >= 0.3 is 5.97 Å². The number of methoxy groups -OCH3 is 1. The molecule has 4 rings (SSSR count). The van der Waals surface area contributed by atoms with Crippen molar-refractivity contribution in [3.05, 3.63) is 53.6 Å². The fraction of sp³-hybridized carbons (Fsp3) is 0.500. The van der Waals surface area contributed by atoms with Crippen LogP contribution in [0.15, 0.2) is 42.5 Å². The van der Waals surface area contributed by atoms with E-state index < -0.39 is 17.9 Å². The minimum atomic E-state index is -0.898. The van der Waals surface area contributed by atoms with Crippen LogP contribution in [0.3, 0.4) is 0 Å². The monoisotopic (exact) mass is 512 g/mol. The lowest BCUT2D eigenvalue weighted by atomic mass is 9.83. The lowest BCUT2D eigenvalue weighted by Gasteiger charge is -2.29. The molecule has 0 bridgehead atoms. The number of carbonyl (C=O) groups is 2. The molecule has 1 amide bonds. The van der Waals surface area contributed by atoms with Crippen molar-refractivity contribution in [3.8, 4) is 17.2 Å². The van der Waals surface area contributed by atoms with E-state index in [-0.39, 0.29) is 25.2 Å². The minimum Gasteiger partial charge on any atom is -0.496 e. The molecule has 37 heavy (non-hydrogen) atoms. The Kier molecular flexibility index (Phi) is 8.89.